The summed E-state index contributed by atoms with van der Waals surface area (Å²) < 4.78 is 16.5. The topological polar surface area (TPSA) is 207 Å². The molecule has 1 aromatic heterocycles. The van der Waals surface area contributed by atoms with Crippen LogP contribution in [0.4, 0.5) is 9.59 Å². The molecule has 0 unspecified atom stereocenters. The SMILES string of the molecule is NC(=O)c1ncn([C@@H]2O[C@H](COC(=O)NCCCNC(=O)OCc3ccccc3)[C@@H](O)[C@H]2O)c1O. The molecule has 1 saturated heterocycles. The third-order valence-electron chi connectivity index (χ3n) is 5.10. The number of alkyl carbamates (subject to hydrolysis) is 2. The van der Waals surface area contributed by atoms with Crippen LogP contribution in [0, 0.1) is 0 Å². The summed E-state index contributed by atoms with van der Waals surface area (Å²) in [4.78, 5) is 38.4. The molecular formula is C21H27N5O9. The number of nitrogens with two attached hydrogens (primary N) is 1. The standard InChI is InChI=1S/C21H27N5O9/c22-17(29)14-18(30)26(11-25-14)19-16(28)15(27)13(35-19)10-34-21(32)24-8-4-7-23-20(31)33-9-12-5-2-1-3-6-12/h1-3,5-6,11,13,15-16,19,27-28,30H,4,7-10H2,(H2,22,29)(H,23,31)(H,24,32)/t13-,15-,16-,19-/m1/s1. The number of aromatic nitrogens is 2. The van der Waals surface area contributed by atoms with Crippen LogP contribution in [0.1, 0.15) is 28.7 Å². The van der Waals surface area contributed by atoms with Crippen LogP contribution in [0.2, 0.25) is 0 Å². The average Bonchev–Trinajstić information content (AvgIpc) is 3.36. The molecule has 2 heterocycles. The Morgan fingerprint density at radius 2 is 1.71 bits per heavy atom. The quantitative estimate of drug-likeness (QED) is 0.230. The minimum Gasteiger partial charge on any atom is -0.493 e. The molecule has 7 N–H and O–H groups in total. The van der Waals surface area contributed by atoms with Gasteiger partial charge in [-0.1, -0.05) is 30.3 Å². The van der Waals surface area contributed by atoms with Gasteiger partial charge in [0.2, 0.25) is 5.88 Å². The first-order valence-corrected chi connectivity index (χ1v) is 10.7. The van der Waals surface area contributed by atoms with Gasteiger partial charge in [-0.2, -0.15) is 0 Å². The van der Waals surface area contributed by atoms with E-state index in [9.17, 15) is 29.7 Å². The average molecular weight is 493 g/mol. The molecule has 1 aliphatic rings. The van der Waals surface area contributed by atoms with Crippen LogP contribution in [-0.2, 0) is 20.8 Å². The number of aliphatic hydroxyl groups excluding tert-OH is 2. The highest BCUT2D eigenvalue weighted by atomic mass is 16.6. The van der Waals surface area contributed by atoms with E-state index >= 15 is 0 Å². The van der Waals surface area contributed by atoms with Crippen molar-refractivity contribution in [1.29, 1.82) is 0 Å². The van der Waals surface area contributed by atoms with E-state index in [-0.39, 0.29) is 19.7 Å². The molecule has 3 amide bonds. The van der Waals surface area contributed by atoms with Gasteiger partial charge in [0.05, 0.1) is 0 Å². The highest BCUT2D eigenvalue weighted by Crippen LogP contribution is 2.33. The summed E-state index contributed by atoms with van der Waals surface area (Å²) in [6.45, 7) is 0.196. The molecule has 14 nitrogen and oxygen atoms in total. The van der Waals surface area contributed by atoms with Crippen molar-refractivity contribution < 1.29 is 43.9 Å². The zero-order chi connectivity index (χ0) is 25.4. The van der Waals surface area contributed by atoms with Crippen molar-refractivity contribution in [2.75, 3.05) is 19.7 Å². The molecule has 190 valence electrons. The molecule has 14 heteroatoms. The molecule has 1 fully saturated rings. The van der Waals surface area contributed by atoms with E-state index in [1.165, 1.54) is 0 Å². The minimum absolute atomic E-state index is 0.147. The fourth-order valence-corrected chi connectivity index (χ4v) is 3.26. The van der Waals surface area contributed by atoms with Gasteiger partial charge in [0.1, 0.15) is 37.9 Å². The molecule has 1 aromatic carbocycles. The molecule has 0 radical (unpaired) electrons. The molecular weight excluding hydrogens is 466 g/mol. The lowest BCUT2D eigenvalue weighted by Crippen LogP contribution is -2.36. The highest BCUT2D eigenvalue weighted by molar-refractivity contribution is 5.93. The van der Waals surface area contributed by atoms with E-state index in [4.69, 9.17) is 19.9 Å². The normalized spacial score (nSPS) is 21.3. The van der Waals surface area contributed by atoms with Crippen LogP contribution < -0.4 is 16.4 Å². The Morgan fingerprint density at radius 1 is 1.06 bits per heavy atom. The lowest BCUT2D eigenvalue weighted by molar-refractivity contribution is -0.0573. The van der Waals surface area contributed by atoms with Crippen LogP contribution in [0.5, 0.6) is 5.88 Å². The molecule has 3 rings (SSSR count). The predicted molar refractivity (Wildman–Crippen MR) is 117 cm³/mol. The van der Waals surface area contributed by atoms with E-state index in [1.54, 1.807) is 0 Å². The van der Waals surface area contributed by atoms with E-state index in [0.29, 0.717) is 6.42 Å². The van der Waals surface area contributed by atoms with Crippen molar-refractivity contribution in [1.82, 2.24) is 20.2 Å². The van der Waals surface area contributed by atoms with Gasteiger partial charge >= 0.3 is 12.2 Å². The zero-order valence-corrected chi connectivity index (χ0v) is 18.6. The Bertz CT molecular complexity index is 1020. The van der Waals surface area contributed by atoms with Crippen LogP contribution >= 0.6 is 0 Å². The molecule has 4 atom stereocenters. The van der Waals surface area contributed by atoms with Gasteiger partial charge in [0.15, 0.2) is 11.9 Å². The van der Waals surface area contributed by atoms with Gasteiger partial charge in [-0.15, -0.1) is 0 Å². The third-order valence-corrected chi connectivity index (χ3v) is 5.10. The first kappa shape index (κ1) is 25.7. The molecule has 0 bridgehead atoms. The molecule has 0 saturated carbocycles. The monoisotopic (exact) mass is 493 g/mol. The Labute approximate surface area is 199 Å². The summed E-state index contributed by atoms with van der Waals surface area (Å²) in [5, 5.41) is 35.4. The smallest absolute Gasteiger partial charge is 0.407 e. The molecule has 1 aliphatic heterocycles. The largest absolute Gasteiger partial charge is 0.493 e. The van der Waals surface area contributed by atoms with Crippen molar-refractivity contribution in [2.45, 2.75) is 37.6 Å². The van der Waals surface area contributed by atoms with Crippen LogP contribution in [0.15, 0.2) is 36.7 Å². The lowest BCUT2D eigenvalue weighted by Gasteiger charge is -2.16. The number of ether oxygens (including phenoxy) is 3. The van der Waals surface area contributed by atoms with Crippen LogP contribution in [0.25, 0.3) is 0 Å². The maximum Gasteiger partial charge on any atom is 0.407 e. The Balaban J connectivity index is 1.32. The fourth-order valence-electron chi connectivity index (χ4n) is 3.26. The maximum absolute atomic E-state index is 11.9. The maximum atomic E-state index is 11.9. The number of nitrogens with zero attached hydrogens (tertiary/aromatic N) is 2. The number of primary amides is 1. The number of benzene rings is 1. The summed E-state index contributed by atoms with van der Waals surface area (Å²) in [6.07, 6.45) is -5.29. The Hall–Kier alpha value is -3.88. The van der Waals surface area contributed by atoms with Gasteiger partial charge in [-0.05, 0) is 12.0 Å². The number of amides is 3. The summed E-state index contributed by atoms with van der Waals surface area (Å²) in [5.74, 6) is -1.62. The van der Waals surface area contributed by atoms with Crippen molar-refractivity contribution in [2.24, 2.45) is 5.73 Å². The number of hydrogen-bond donors (Lipinski definition) is 6. The highest BCUT2D eigenvalue weighted by Gasteiger charge is 2.45. The summed E-state index contributed by atoms with van der Waals surface area (Å²) in [5.41, 5.74) is 5.52. The van der Waals surface area contributed by atoms with Crippen molar-refractivity contribution in [3.8, 4) is 5.88 Å². The van der Waals surface area contributed by atoms with Crippen molar-refractivity contribution in [3.05, 3.63) is 47.9 Å². The Kier molecular flexibility index (Phi) is 8.83. The van der Waals surface area contributed by atoms with Crippen molar-refractivity contribution >= 4 is 18.1 Å². The second kappa shape index (κ2) is 12.0. The lowest BCUT2D eigenvalue weighted by atomic mass is 10.1. The number of aliphatic hydroxyl groups is 2. The van der Waals surface area contributed by atoms with E-state index in [0.717, 1.165) is 16.5 Å². The molecule has 2 aromatic rings. The van der Waals surface area contributed by atoms with Gasteiger partial charge in [-0.3, -0.25) is 9.36 Å². The number of hydrogen-bond acceptors (Lipinski definition) is 10. The zero-order valence-electron chi connectivity index (χ0n) is 18.6. The van der Waals surface area contributed by atoms with Gasteiger partial charge in [0, 0.05) is 13.1 Å². The minimum atomic E-state index is -1.50. The van der Waals surface area contributed by atoms with Crippen LogP contribution in [-0.4, -0.2) is 81.0 Å². The number of carbonyl (C=O) groups excluding carboxylic acids is 3. The van der Waals surface area contributed by atoms with Crippen LogP contribution in [0.3, 0.4) is 0 Å². The summed E-state index contributed by atoms with van der Waals surface area (Å²) in [7, 11) is 0. The number of nitrogens with one attached hydrogen (secondary N) is 2. The van der Waals surface area contributed by atoms with Gasteiger partial charge in [-0.25, -0.2) is 14.6 Å². The number of rotatable bonds is 10. The van der Waals surface area contributed by atoms with Gasteiger partial charge in [0.25, 0.3) is 5.91 Å². The number of carbonyl (C=O) groups is 3. The molecule has 0 spiro atoms. The fraction of sp³-hybridized carbons (Fsp3) is 0.429. The third kappa shape index (κ3) is 6.81. The summed E-state index contributed by atoms with van der Waals surface area (Å²) >= 11 is 0. The predicted octanol–water partition coefficient (Wildman–Crippen LogP) is -0.650. The first-order valence-electron chi connectivity index (χ1n) is 10.7. The van der Waals surface area contributed by atoms with E-state index < -0.39 is 60.8 Å². The molecule has 0 aliphatic carbocycles. The summed E-state index contributed by atoms with van der Waals surface area (Å²) in [6, 6.07) is 9.21. The second-order valence-electron chi connectivity index (χ2n) is 7.60. The Morgan fingerprint density at radius 3 is 2.34 bits per heavy atom. The number of imidazole rings is 1. The van der Waals surface area contributed by atoms with Crippen molar-refractivity contribution in [3.63, 3.8) is 0 Å². The van der Waals surface area contributed by atoms with Gasteiger partial charge < -0.3 is 45.9 Å². The molecule has 35 heavy (non-hydrogen) atoms. The number of aromatic hydroxyl groups is 1. The first-order chi connectivity index (χ1) is 16.8. The second-order valence-corrected chi connectivity index (χ2v) is 7.60. The van der Waals surface area contributed by atoms with E-state index in [1.807, 2.05) is 30.3 Å². The van der Waals surface area contributed by atoms with E-state index in [2.05, 4.69) is 15.6 Å².